The van der Waals surface area contributed by atoms with E-state index < -0.39 is 0 Å². The Morgan fingerprint density at radius 1 is 0.288 bits per heavy atom. The van der Waals surface area contributed by atoms with Crippen LogP contribution in [0.3, 0.4) is 0 Å². The van der Waals surface area contributed by atoms with Gasteiger partial charge < -0.3 is 9.13 Å². The third-order valence-electron chi connectivity index (χ3n) is 13.7. The first-order valence-corrected chi connectivity index (χ1v) is 23.5. The predicted molar refractivity (Wildman–Crippen MR) is 282 cm³/mol. The van der Waals surface area contributed by atoms with E-state index in [4.69, 9.17) is 9.97 Å². The number of benzene rings is 6. The van der Waals surface area contributed by atoms with E-state index in [9.17, 15) is 0 Å². The number of nitrogens with zero attached hydrogens (tertiary/aromatic N) is 4. The van der Waals surface area contributed by atoms with E-state index in [0.29, 0.717) is 0 Å². The Morgan fingerprint density at radius 2 is 0.561 bits per heavy atom. The van der Waals surface area contributed by atoms with Gasteiger partial charge in [-0.05, 0) is 152 Å². The minimum absolute atomic E-state index is 0.0565. The fraction of sp³-hybridized carbons (Fsp3) is 0.258. The maximum absolute atomic E-state index is 4.86. The first-order valence-electron chi connectivity index (χ1n) is 23.5. The molecule has 66 heavy (non-hydrogen) atoms. The Morgan fingerprint density at radius 3 is 0.818 bits per heavy atom. The number of hydrogen-bond donors (Lipinski definition) is 0. The Bertz CT molecular complexity index is 3100. The molecule has 4 nitrogen and oxygen atoms in total. The van der Waals surface area contributed by atoms with Gasteiger partial charge in [-0.3, -0.25) is 9.97 Å². The van der Waals surface area contributed by atoms with Crippen molar-refractivity contribution in [1.29, 1.82) is 0 Å². The Labute approximate surface area is 391 Å². The summed E-state index contributed by atoms with van der Waals surface area (Å²) in [4.78, 5) is 9.72. The van der Waals surface area contributed by atoms with Crippen molar-refractivity contribution in [3.05, 3.63) is 180 Å². The van der Waals surface area contributed by atoms with Crippen LogP contribution in [0.2, 0.25) is 0 Å². The second kappa shape index (κ2) is 15.4. The molecule has 10 rings (SSSR count). The van der Waals surface area contributed by atoms with Crippen molar-refractivity contribution in [2.75, 3.05) is 0 Å². The predicted octanol–water partition coefficient (Wildman–Crippen LogP) is 16.9. The van der Waals surface area contributed by atoms with Gasteiger partial charge in [-0.1, -0.05) is 132 Å². The number of rotatable bonds is 5. The molecule has 4 aromatic heterocycles. The summed E-state index contributed by atoms with van der Waals surface area (Å²) in [5.74, 6) is 0. The summed E-state index contributed by atoms with van der Waals surface area (Å²) in [5.41, 5.74) is 19.0. The molecule has 0 atom stereocenters. The van der Waals surface area contributed by atoms with Crippen LogP contribution in [-0.4, -0.2) is 19.1 Å². The van der Waals surface area contributed by atoms with Gasteiger partial charge in [0, 0.05) is 56.4 Å². The second-order valence-electron chi connectivity index (χ2n) is 22.6. The van der Waals surface area contributed by atoms with Gasteiger partial charge in [-0.25, -0.2) is 0 Å². The van der Waals surface area contributed by atoms with E-state index in [0.717, 1.165) is 45.0 Å². The highest BCUT2D eigenvalue weighted by atomic mass is 15.0. The lowest BCUT2D eigenvalue weighted by Gasteiger charge is -2.19. The fourth-order valence-corrected chi connectivity index (χ4v) is 9.57. The van der Waals surface area contributed by atoms with E-state index in [1.165, 1.54) is 65.9 Å². The molecule has 0 aliphatic heterocycles. The first-order chi connectivity index (χ1) is 31.2. The van der Waals surface area contributed by atoms with Gasteiger partial charge in [0.2, 0.25) is 0 Å². The van der Waals surface area contributed by atoms with Crippen LogP contribution < -0.4 is 0 Å². The van der Waals surface area contributed by atoms with Gasteiger partial charge in [-0.15, -0.1) is 0 Å². The summed E-state index contributed by atoms with van der Waals surface area (Å²) in [6, 6.07) is 54.3. The normalized spacial score (nSPS) is 12.8. The molecule has 10 aromatic rings. The van der Waals surface area contributed by atoms with E-state index >= 15 is 0 Å². The Hall–Kier alpha value is -6.78. The molecule has 0 amide bonds. The Kier molecular flexibility index (Phi) is 10.1. The summed E-state index contributed by atoms with van der Waals surface area (Å²) < 4.78 is 4.83. The summed E-state index contributed by atoms with van der Waals surface area (Å²) in [5, 5.41) is 5.17. The molecular formula is C62H62N4. The fourth-order valence-electron chi connectivity index (χ4n) is 9.57. The van der Waals surface area contributed by atoms with Crippen molar-refractivity contribution in [2.45, 2.75) is 105 Å². The second-order valence-corrected chi connectivity index (χ2v) is 22.6. The van der Waals surface area contributed by atoms with Crippen LogP contribution >= 0.6 is 0 Å². The highest BCUT2D eigenvalue weighted by Crippen LogP contribution is 2.40. The molecule has 0 fully saturated rings. The van der Waals surface area contributed by atoms with E-state index in [1.54, 1.807) is 0 Å². The third-order valence-corrected chi connectivity index (χ3v) is 13.7. The molecule has 4 heterocycles. The summed E-state index contributed by atoms with van der Waals surface area (Å²) in [6.07, 6.45) is 3.83. The van der Waals surface area contributed by atoms with E-state index in [2.05, 4.69) is 238 Å². The molecule has 0 saturated heterocycles. The van der Waals surface area contributed by atoms with Crippen molar-refractivity contribution >= 4 is 43.6 Å². The number of aromatic nitrogens is 4. The average molecular weight is 863 g/mol. The lowest BCUT2D eigenvalue weighted by molar-refractivity contribution is 0.590. The zero-order valence-corrected chi connectivity index (χ0v) is 40.8. The minimum atomic E-state index is 0.0565. The van der Waals surface area contributed by atoms with Gasteiger partial charge in [-0.2, -0.15) is 0 Å². The quantitative estimate of drug-likeness (QED) is 0.173. The zero-order chi connectivity index (χ0) is 46.5. The summed E-state index contributed by atoms with van der Waals surface area (Å²) in [6.45, 7) is 27.5. The molecule has 6 aromatic carbocycles. The van der Waals surface area contributed by atoms with Gasteiger partial charge in [0.05, 0.1) is 33.5 Å². The van der Waals surface area contributed by atoms with Gasteiger partial charge in [0.15, 0.2) is 0 Å². The standard InChI is InChI=1S/C62H62N4/c1-59(2,3)43-17-25-55-49(35-43)50-36-44(60(4,5)6)18-26-56(50)65(55)47-21-13-39(14-22-47)53-33-41(29-31-63-53)42-30-32-64-54(34-42)40-15-23-48(24-16-40)66-57-27-19-45(61(7,8)9)37-51(57)52-38-46(62(10,11)12)20-28-58(52)66/h13-38H,1-12H3. The minimum Gasteiger partial charge on any atom is -0.309 e. The van der Waals surface area contributed by atoms with Gasteiger partial charge in [0.25, 0.3) is 0 Å². The smallest absolute Gasteiger partial charge is 0.0708 e. The molecular weight excluding hydrogens is 801 g/mol. The Balaban J connectivity index is 0.962. The lowest BCUT2D eigenvalue weighted by atomic mass is 9.85. The maximum Gasteiger partial charge on any atom is 0.0708 e. The van der Waals surface area contributed by atoms with Crippen LogP contribution in [0.15, 0.2) is 158 Å². The highest BCUT2D eigenvalue weighted by Gasteiger charge is 2.23. The molecule has 330 valence electrons. The molecule has 0 aliphatic carbocycles. The molecule has 0 bridgehead atoms. The van der Waals surface area contributed by atoms with Crippen molar-refractivity contribution < 1.29 is 0 Å². The van der Waals surface area contributed by atoms with Crippen molar-refractivity contribution in [3.63, 3.8) is 0 Å². The van der Waals surface area contributed by atoms with Crippen LogP contribution in [0.5, 0.6) is 0 Å². The molecule has 4 heteroatoms. The van der Waals surface area contributed by atoms with Crippen molar-refractivity contribution in [3.8, 4) is 45.0 Å². The molecule has 0 radical (unpaired) electrons. The maximum atomic E-state index is 4.86. The van der Waals surface area contributed by atoms with E-state index in [-0.39, 0.29) is 21.7 Å². The summed E-state index contributed by atoms with van der Waals surface area (Å²) >= 11 is 0. The van der Waals surface area contributed by atoms with Crippen LogP contribution in [0.1, 0.15) is 105 Å². The monoisotopic (exact) mass is 862 g/mol. The molecule has 0 N–H and O–H groups in total. The van der Waals surface area contributed by atoms with Crippen LogP contribution in [-0.2, 0) is 21.7 Å². The first kappa shape index (κ1) is 43.1. The van der Waals surface area contributed by atoms with Crippen LogP contribution in [0, 0.1) is 0 Å². The van der Waals surface area contributed by atoms with E-state index in [1.807, 2.05) is 12.4 Å². The molecule has 0 aliphatic rings. The SMILES string of the molecule is CC(C)(C)c1ccc2c(c1)c1cc(C(C)(C)C)ccc1n2-c1ccc(-c2cc(-c3ccnc(-c4ccc(-n5c6ccc(C(C)(C)C)cc6c6cc(C(C)(C)C)ccc65)cc4)c3)ccn2)cc1. The van der Waals surface area contributed by atoms with Crippen molar-refractivity contribution in [2.24, 2.45) is 0 Å². The number of pyridine rings is 2. The average Bonchev–Trinajstić information content (AvgIpc) is 3.79. The molecule has 0 spiro atoms. The molecule has 0 unspecified atom stereocenters. The van der Waals surface area contributed by atoms with Crippen molar-refractivity contribution in [1.82, 2.24) is 19.1 Å². The summed E-state index contributed by atoms with van der Waals surface area (Å²) in [7, 11) is 0. The number of hydrogen-bond acceptors (Lipinski definition) is 2. The highest BCUT2D eigenvalue weighted by molar-refractivity contribution is 6.11. The lowest BCUT2D eigenvalue weighted by Crippen LogP contribution is -2.10. The molecule has 0 saturated carbocycles. The number of fused-ring (bicyclic) bond motifs is 6. The topological polar surface area (TPSA) is 35.6 Å². The van der Waals surface area contributed by atoms with Gasteiger partial charge in [0.1, 0.15) is 0 Å². The van der Waals surface area contributed by atoms with Gasteiger partial charge >= 0.3 is 0 Å². The zero-order valence-electron chi connectivity index (χ0n) is 40.8. The van der Waals surface area contributed by atoms with Crippen LogP contribution in [0.4, 0.5) is 0 Å². The van der Waals surface area contributed by atoms with Crippen LogP contribution in [0.25, 0.3) is 88.6 Å². The third kappa shape index (κ3) is 7.70. The largest absolute Gasteiger partial charge is 0.309 e.